The maximum atomic E-state index is 11.6. The summed E-state index contributed by atoms with van der Waals surface area (Å²) in [5.74, 6) is 0.304. The van der Waals surface area contributed by atoms with E-state index in [1.165, 1.54) is 12.1 Å². The first-order chi connectivity index (χ1) is 7.49. The van der Waals surface area contributed by atoms with Crippen LogP contribution in [0, 0.1) is 0 Å². The van der Waals surface area contributed by atoms with Crippen molar-refractivity contribution in [2.75, 3.05) is 24.3 Å². The first-order valence-electron chi connectivity index (χ1n) is 4.50. The van der Waals surface area contributed by atoms with Crippen LogP contribution in [0.2, 0.25) is 5.15 Å². The van der Waals surface area contributed by atoms with Crippen molar-refractivity contribution in [3.63, 3.8) is 0 Å². The van der Waals surface area contributed by atoms with Crippen molar-refractivity contribution in [1.29, 1.82) is 0 Å². The van der Waals surface area contributed by atoms with E-state index in [0.29, 0.717) is 17.9 Å². The van der Waals surface area contributed by atoms with Gasteiger partial charge in [-0.25, -0.2) is 4.98 Å². The van der Waals surface area contributed by atoms with Gasteiger partial charge in [0.1, 0.15) is 11.0 Å². The van der Waals surface area contributed by atoms with Gasteiger partial charge in [-0.1, -0.05) is 11.6 Å². The largest absolute Gasteiger partial charge is 0.384 e. The third-order valence-corrected chi connectivity index (χ3v) is 2.72. The van der Waals surface area contributed by atoms with Gasteiger partial charge in [-0.3, -0.25) is 9.00 Å². The van der Waals surface area contributed by atoms with Gasteiger partial charge in [-0.15, -0.1) is 0 Å². The number of halogens is 1. The van der Waals surface area contributed by atoms with E-state index in [9.17, 15) is 9.00 Å². The van der Waals surface area contributed by atoms with E-state index in [2.05, 4.69) is 10.3 Å². The number of nitrogens with two attached hydrogens (primary N) is 1. The summed E-state index contributed by atoms with van der Waals surface area (Å²) in [6.07, 6.45) is 1.58. The summed E-state index contributed by atoms with van der Waals surface area (Å²) in [5.41, 5.74) is 5.80. The second kappa shape index (κ2) is 5.81. The van der Waals surface area contributed by atoms with Gasteiger partial charge in [0.15, 0.2) is 0 Å². The van der Waals surface area contributed by atoms with Crippen LogP contribution in [0.5, 0.6) is 0 Å². The van der Waals surface area contributed by atoms with E-state index in [0.717, 1.165) is 0 Å². The van der Waals surface area contributed by atoms with E-state index in [4.69, 9.17) is 17.3 Å². The van der Waals surface area contributed by atoms with Crippen molar-refractivity contribution in [1.82, 2.24) is 10.3 Å². The zero-order chi connectivity index (χ0) is 12.1. The number of nitrogens with one attached hydrogen (secondary N) is 1. The lowest BCUT2D eigenvalue weighted by molar-refractivity contribution is 0.0956. The highest BCUT2D eigenvalue weighted by atomic mass is 35.5. The quantitative estimate of drug-likeness (QED) is 0.770. The second-order valence-electron chi connectivity index (χ2n) is 3.14. The molecule has 88 valence electrons. The van der Waals surface area contributed by atoms with E-state index in [-0.39, 0.29) is 16.9 Å². The number of aromatic nitrogens is 1. The molecule has 5 nitrogen and oxygen atoms in total. The van der Waals surface area contributed by atoms with Crippen molar-refractivity contribution >= 4 is 34.1 Å². The van der Waals surface area contributed by atoms with Gasteiger partial charge < -0.3 is 11.1 Å². The van der Waals surface area contributed by atoms with Crippen LogP contribution in [-0.2, 0) is 10.8 Å². The summed E-state index contributed by atoms with van der Waals surface area (Å²) in [6.45, 7) is 0.349. The molecule has 0 aliphatic carbocycles. The van der Waals surface area contributed by atoms with Gasteiger partial charge in [-0.05, 0) is 12.1 Å². The fourth-order valence-electron chi connectivity index (χ4n) is 1.06. The fourth-order valence-corrected chi connectivity index (χ4v) is 1.66. The molecular formula is C9H12ClN3O2S. The monoisotopic (exact) mass is 261 g/mol. The third kappa shape index (κ3) is 4.16. The molecule has 0 aliphatic rings. The van der Waals surface area contributed by atoms with E-state index >= 15 is 0 Å². The number of anilines is 1. The molecule has 16 heavy (non-hydrogen) atoms. The molecule has 1 aromatic rings. The number of amides is 1. The summed E-state index contributed by atoms with van der Waals surface area (Å²) < 4.78 is 10.8. The van der Waals surface area contributed by atoms with Crippen LogP contribution in [0.15, 0.2) is 12.1 Å². The Hall–Kier alpha value is -1.14. The van der Waals surface area contributed by atoms with Crippen molar-refractivity contribution < 1.29 is 9.00 Å². The predicted molar refractivity (Wildman–Crippen MR) is 64.9 cm³/mol. The summed E-state index contributed by atoms with van der Waals surface area (Å²) in [6, 6.07) is 2.86. The molecule has 1 atom stereocenters. The normalized spacial score (nSPS) is 12.1. The zero-order valence-corrected chi connectivity index (χ0v) is 10.3. The van der Waals surface area contributed by atoms with E-state index in [1.54, 1.807) is 6.26 Å². The van der Waals surface area contributed by atoms with Crippen molar-refractivity contribution in [3.05, 3.63) is 22.8 Å². The van der Waals surface area contributed by atoms with Gasteiger partial charge >= 0.3 is 0 Å². The lowest BCUT2D eigenvalue weighted by atomic mass is 10.2. The second-order valence-corrected chi connectivity index (χ2v) is 5.08. The molecule has 0 aliphatic heterocycles. The Kier molecular flexibility index (Phi) is 4.70. The van der Waals surface area contributed by atoms with Crippen LogP contribution in [0.1, 0.15) is 10.4 Å². The first-order valence-corrected chi connectivity index (χ1v) is 6.61. The van der Waals surface area contributed by atoms with Gasteiger partial charge in [0, 0.05) is 34.9 Å². The first kappa shape index (κ1) is 12.9. The number of rotatable bonds is 4. The molecule has 1 rings (SSSR count). The topological polar surface area (TPSA) is 85.1 Å². The highest BCUT2D eigenvalue weighted by Gasteiger charge is 2.07. The highest BCUT2D eigenvalue weighted by Crippen LogP contribution is 2.11. The zero-order valence-electron chi connectivity index (χ0n) is 8.70. The number of nitrogen functional groups attached to an aromatic ring is 1. The molecule has 0 saturated heterocycles. The van der Waals surface area contributed by atoms with Gasteiger partial charge in [-0.2, -0.15) is 0 Å². The third-order valence-electron chi connectivity index (χ3n) is 1.75. The van der Waals surface area contributed by atoms with Crippen LogP contribution in [0.3, 0.4) is 0 Å². The minimum Gasteiger partial charge on any atom is -0.384 e. The molecule has 0 fully saturated rings. The Morgan fingerprint density at radius 3 is 2.88 bits per heavy atom. The van der Waals surface area contributed by atoms with Crippen molar-refractivity contribution in [3.8, 4) is 0 Å². The van der Waals surface area contributed by atoms with Crippen molar-refractivity contribution in [2.45, 2.75) is 0 Å². The molecule has 1 heterocycles. The molecule has 0 saturated carbocycles. The molecule has 3 N–H and O–H groups in total. The molecule has 0 aromatic carbocycles. The maximum absolute atomic E-state index is 11.6. The molecule has 1 aromatic heterocycles. The van der Waals surface area contributed by atoms with Crippen LogP contribution < -0.4 is 11.1 Å². The molecule has 0 radical (unpaired) electrons. The highest BCUT2D eigenvalue weighted by molar-refractivity contribution is 7.84. The summed E-state index contributed by atoms with van der Waals surface area (Å²) >= 11 is 5.66. The van der Waals surface area contributed by atoms with E-state index in [1.807, 2.05) is 0 Å². The Bertz CT molecular complexity index is 405. The number of nitrogens with zero attached hydrogens (tertiary/aromatic N) is 1. The fraction of sp³-hybridized carbons (Fsp3) is 0.333. The maximum Gasteiger partial charge on any atom is 0.251 e. The minimum absolute atomic E-state index is 0.171. The molecule has 1 amide bonds. The molecule has 0 spiro atoms. The summed E-state index contributed by atoms with van der Waals surface area (Å²) in [5, 5.41) is 2.78. The summed E-state index contributed by atoms with van der Waals surface area (Å²) in [7, 11) is -0.925. The number of pyridine rings is 1. The molecule has 0 bridgehead atoms. The number of hydrogen-bond donors (Lipinski definition) is 2. The minimum atomic E-state index is -0.925. The SMILES string of the molecule is CS(=O)CCNC(=O)c1cc(N)nc(Cl)c1. The Morgan fingerprint density at radius 1 is 1.62 bits per heavy atom. The Balaban J connectivity index is 2.62. The van der Waals surface area contributed by atoms with Gasteiger partial charge in [0.05, 0.1) is 0 Å². The molecule has 7 heteroatoms. The van der Waals surface area contributed by atoms with Gasteiger partial charge in [0.25, 0.3) is 5.91 Å². The smallest absolute Gasteiger partial charge is 0.251 e. The number of hydrogen-bond acceptors (Lipinski definition) is 4. The summed E-state index contributed by atoms with van der Waals surface area (Å²) in [4.78, 5) is 15.3. The van der Waals surface area contributed by atoms with Crippen molar-refractivity contribution in [2.24, 2.45) is 0 Å². The van der Waals surface area contributed by atoms with Crippen LogP contribution in [0.4, 0.5) is 5.82 Å². The lowest BCUT2D eigenvalue weighted by Gasteiger charge is -2.04. The Labute approximate surface area is 101 Å². The average Bonchev–Trinajstić information content (AvgIpc) is 2.15. The number of carbonyl (C=O) groups is 1. The molecule has 1 unspecified atom stereocenters. The lowest BCUT2D eigenvalue weighted by Crippen LogP contribution is -2.27. The van der Waals surface area contributed by atoms with Gasteiger partial charge in [0.2, 0.25) is 0 Å². The Morgan fingerprint density at radius 2 is 2.31 bits per heavy atom. The van der Waals surface area contributed by atoms with Crippen LogP contribution in [-0.4, -0.2) is 33.7 Å². The number of carbonyl (C=O) groups excluding carboxylic acids is 1. The predicted octanol–water partition coefficient (Wildman–Crippen LogP) is 0.425. The van der Waals surface area contributed by atoms with Crippen LogP contribution >= 0.6 is 11.6 Å². The standard InChI is InChI=1S/C9H12ClN3O2S/c1-16(15)3-2-12-9(14)6-4-7(10)13-8(11)5-6/h4-5H,2-3H2,1H3,(H2,11,13)(H,12,14). The molecular weight excluding hydrogens is 250 g/mol. The van der Waals surface area contributed by atoms with E-state index < -0.39 is 10.8 Å². The average molecular weight is 262 g/mol. The van der Waals surface area contributed by atoms with Crippen LogP contribution in [0.25, 0.3) is 0 Å².